The number of anilines is 2. The molecular formula is C9H15N3S. The highest BCUT2D eigenvalue weighted by atomic mass is 32.1. The summed E-state index contributed by atoms with van der Waals surface area (Å²) in [5, 5.41) is 1.27. The van der Waals surface area contributed by atoms with E-state index in [4.69, 9.17) is 5.73 Å². The standard InChI is InChI=1S/C9H15N3S/c1-6-3-4-12(5-6)9-7(2)8(10)11-13-9/h6H,3-5H2,1-2H3,(H2,10,11). The van der Waals surface area contributed by atoms with E-state index in [1.54, 1.807) is 0 Å². The minimum Gasteiger partial charge on any atom is -0.383 e. The van der Waals surface area contributed by atoms with Crippen LogP contribution in [-0.4, -0.2) is 17.5 Å². The van der Waals surface area contributed by atoms with Gasteiger partial charge in [-0.2, -0.15) is 4.37 Å². The van der Waals surface area contributed by atoms with Crippen molar-refractivity contribution < 1.29 is 0 Å². The maximum absolute atomic E-state index is 5.72. The highest BCUT2D eigenvalue weighted by Crippen LogP contribution is 2.32. The molecular weight excluding hydrogens is 182 g/mol. The topological polar surface area (TPSA) is 42.1 Å². The fourth-order valence-corrected chi connectivity index (χ4v) is 2.60. The number of rotatable bonds is 1. The van der Waals surface area contributed by atoms with Gasteiger partial charge in [-0.3, -0.25) is 0 Å². The molecule has 72 valence electrons. The third-order valence-electron chi connectivity index (χ3n) is 2.65. The van der Waals surface area contributed by atoms with E-state index in [9.17, 15) is 0 Å². The molecule has 4 heteroatoms. The Morgan fingerprint density at radius 1 is 1.62 bits per heavy atom. The zero-order chi connectivity index (χ0) is 9.42. The van der Waals surface area contributed by atoms with Crippen LogP contribution in [0.3, 0.4) is 0 Å². The van der Waals surface area contributed by atoms with Crippen molar-refractivity contribution in [2.45, 2.75) is 20.3 Å². The highest BCUT2D eigenvalue weighted by molar-refractivity contribution is 7.10. The van der Waals surface area contributed by atoms with Crippen LogP contribution >= 0.6 is 11.5 Å². The normalized spacial score (nSPS) is 22.6. The van der Waals surface area contributed by atoms with Gasteiger partial charge in [-0.15, -0.1) is 0 Å². The smallest absolute Gasteiger partial charge is 0.142 e. The summed E-state index contributed by atoms with van der Waals surface area (Å²) in [5.74, 6) is 1.50. The molecule has 0 bridgehead atoms. The quantitative estimate of drug-likeness (QED) is 0.747. The predicted molar refractivity (Wildman–Crippen MR) is 57.3 cm³/mol. The average Bonchev–Trinajstić information content (AvgIpc) is 2.62. The summed E-state index contributed by atoms with van der Waals surface area (Å²) in [5.41, 5.74) is 6.87. The van der Waals surface area contributed by atoms with Crippen molar-refractivity contribution in [2.75, 3.05) is 23.7 Å². The molecule has 1 saturated heterocycles. The van der Waals surface area contributed by atoms with Gasteiger partial charge in [0.1, 0.15) is 10.8 Å². The number of nitrogen functional groups attached to an aromatic ring is 1. The lowest BCUT2D eigenvalue weighted by Gasteiger charge is -2.15. The van der Waals surface area contributed by atoms with Gasteiger partial charge in [0.05, 0.1) is 0 Å². The second-order valence-corrected chi connectivity index (χ2v) is 4.59. The van der Waals surface area contributed by atoms with Gasteiger partial charge in [-0.25, -0.2) is 0 Å². The lowest BCUT2D eigenvalue weighted by Crippen LogP contribution is -2.18. The van der Waals surface area contributed by atoms with E-state index in [-0.39, 0.29) is 0 Å². The van der Waals surface area contributed by atoms with Gasteiger partial charge >= 0.3 is 0 Å². The van der Waals surface area contributed by atoms with Crippen LogP contribution in [0, 0.1) is 12.8 Å². The highest BCUT2D eigenvalue weighted by Gasteiger charge is 2.22. The molecule has 1 fully saturated rings. The van der Waals surface area contributed by atoms with Gasteiger partial charge in [0, 0.05) is 18.7 Å². The Morgan fingerprint density at radius 3 is 2.85 bits per heavy atom. The Bertz CT molecular complexity index is 308. The van der Waals surface area contributed by atoms with E-state index in [2.05, 4.69) is 23.1 Å². The van der Waals surface area contributed by atoms with Crippen LogP contribution in [0.25, 0.3) is 0 Å². The SMILES string of the molecule is Cc1c(N)nsc1N1CCC(C)C1. The van der Waals surface area contributed by atoms with Gasteiger partial charge in [0.25, 0.3) is 0 Å². The number of hydrogen-bond donors (Lipinski definition) is 1. The van der Waals surface area contributed by atoms with Gasteiger partial charge < -0.3 is 10.6 Å². The van der Waals surface area contributed by atoms with Crippen molar-refractivity contribution in [3.63, 3.8) is 0 Å². The van der Waals surface area contributed by atoms with Gasteiger partial charge in [-0.05, 0) is 30.8 Å². The fraction of sp³-hybridized carbons (Fsp3) is 0.667. The van der Waals surface area contributed by atoms with Crippen molar-refractivity contribution in [2.24, 2.45) is 5.92 Å². The largest absolute Gasteiger partial charge is 0.383 e. The Balaban J connectivity index is 2.21. The van der Waals surface area contributed by atoms with Crippen LogP contribution in [-0.2, 0) is 0 Å². The molecule has 0 amide bonds. The van der Waals surface area contributed by atoms with E-state index < -0.39 is 0 Å². The first-order valence-corrected chi connectivity index (χ1v) is 5.42. The van der Waals surface area contributed by atoms with Crippen molar-refractivity contribution in [3.05, 3.63) is 5.56 Å². The van der Waals surface area contributed by atoms with E-state index >= 15 is 0 Å². The first-order valence-electron chi connectivity index (χ1n) is 4.65. The van der Waals surface area contributed by atoms with Gasteiger partial charge in [0.2, 0.25) is 0 Å². The third-order valence-corrected chi connectivity index (χ3v) is 3.67. The Kier molecular flexibility index (Phi) is 2.15. The molecule has 3 nitrogen and oxygen atoms in total. The minimum absolute atomic E-state index is 0.694. The summed E-state index contributed by atoms with van der Waals surface area (Å²) in [7, 11) is 0. The molecule has 0 spiro atoms. The zero-order valence-electron chi connectivity index (χ0n) is 8.08. The van der Waals surface area contributed by atoms with Crippen LogP contribution in [0.1, 0.15) is 18.9 Å². The lowest BCUT2D eigenvalue weighted by atomic mass is 10.2. The first kappa shape index (κ1) is 8.81. The predicted octanol–water partition coefficient (Wildman–Crippen LogP) is 1.88. The van der Waals surface area contributed by atoms with Crippen LogP contribution < -0.4 is 10.6 Å². The molecule has 2 heterocycles. The number of aromatic nitrogens is 1. The van der Waals surface area contributed by atoms with E-state index in [0.717, 1.165) is 24.6 Å². The molecule has 0 saturated carbocycles. The van der Waals surface area contributed by atoms with Gasteiger partial charge in [-0.1, -0.05) is 6.92 Å². The second kappa shape index (κ2) is 3.18. The maximum atomic E-state index is 5.72. The third kappa shape index (κ3) is 1.50. The summed E-state index contributed by atoms with van der Waals surface area (Å²) in [4.78, 5) is 2.40. The molecule has 1 aliphatic heterocycles. The molecule has 2 N–H and O–H groups in total. The van der Waals surface area contributed by atoms with Crippen molar-refractivity contribution >= 4 is 22.4 Å². The first-order chi connectivity index (χ1) is 6.18. The monoisotopic (exact) mass is 197 g/mol. The van der Waals surface area contributed by atoms with Crippen LogP contribution in [0.4, 0.5) is 10.8 Å². The summed E-state index contributed by atoms with van der Waals surface area (Å²) in [6.07, 6.45) is 1.29. The van der Waals surface area contributed by atoms with E-state index in [1.807, 2.05) is 0 Å². The molecule has 0 radical (unpaired) electrons. The molecule has 0 aromatic carbocycles. The summed E-state index contributed by atoms with van der Waals surface area (Å²) in [6, 6.07) is 0. The lowest BCUT2D eigenvalue weighted by molar-refractivity contribution is 0.659. The Hall–Kier alpha value is -0.770. The molecule has 0 aliphatic carbocycles. The van der Waals surface area contributed by atoms with Crippen molar-refractivity contribution in [1.29, 1.82) is 0 Å². The molecule has 1 aromatic heterocycles. The van der Waals surface area contributed by atoms with E-state index in [1.165, 1.54) is 23.0 Å². The maximum Gasteiger partial charge on any atom is 0.142 e. The summed E-state index contributed by atoms with van der Waals surface area (Å²) < 4.78 is 4.16. The van der Waals surface area contributed by atoms with Crippen molar-refractivity contribution in [1.82, 2.24) is 4.37 Å². The molecule has 1 atom stereocenters. The number of hydrogen-bond acceptors (Lipinski definition) is 4. The average molecular weight is 197 g/mol. The minimum atomic E-state index is 0.694. The zero-order valence-corrected chi connectivity index (χ0v) is 8.90. The second-order valence-electron chi connectivity index (χ2n) is 3.84. The Labute approximate surface area is 82.7 Å². The number of nitrogens with two attached hydrogens (primary N) is 1. The van der Waals surface area contributed by atoms with Crippen LogP contribution in [0.15, 0.2) is 0 Å². The van der Waals surface area contributed by atoms with Gasteiger partial charge in [0.15, 0.2) is 0 Å². The Morgan fingerprint density at radius 2 is 2.38 bits per heavy atom. The van der Waals surface area contributed by atoms with E-state index in [0.29, 0.717) is 5.82 Å². The summed E-state index contributed by atoms with van der Waals surface area (Å²) in [6.45, 7) is 6.66. The fourth-order valence-electron chi connectivity index (χ4n) is 1.75. The number of nitrogens with zero attached hydrogens (tertiary/aromatic N) is 2. The molecule has 1 unspecified atom stereocenters. The molecule has 13 heavy (non-hydrogen) atoms. The summed E-state index contributed by atoms with van der Waals surface area (Å²) >= 11 is 1.53. The van der Waals surface area contributed by atoms with Crippen LogP contribution in [0.5, 0.6) is 0 Å². The molecule has 2 rings (SSSR count). The molecule has 1 aliphatic rings. The van der Waals surface area contributed by atoms with Crippen LogP contribution in [0.2, 0.25) is 0 Å². The van der Waals surface area contributed by atoms with Crippen molar-refractivity contribution in [3.8, 4) is 0 Å². The molecule has 1 aromatic rings.